The molecule has 0 aliphatic carbocycles. The van der Waals surface area contributed by atoms with Crippen LogP contribution in [0.2, 0.25) is 0 Å². The van der Waals surface area contributed by atoms with Gasteiger partial charge in [0.25, 0.3) is 0 Å². The Balaban J connectivity index is 2.65. The second-order valence-corrected chi connectivity index (χ2v) is 4.48. The van der Waals surface area contributed by atoms with Crippen LogP contribution in [0.15, 0.2) is 30.3 Å². The van der Waals surface area contributed by atoms with E-state index in [4.69, 9.17) is 0 Å². The molecule has 1 aromatic carbocycles. The number of nitrogens with zero attached hydrogens (tertiary/aromatic N) is 1. The fraction of sp³-hybridized carbons (Fsp3) is 0.357. The molecule has 3 amide bonds. The zero-order valence-corrected chi connectivity index (χ0v) is 12.0. The largest absolute Gasteiger partial charge is 0.479 e. The van der Waals surface area contributed by atoms with Crippen molar-refractivity contribution in [3.8, 4) is 0 Å². The smallest absolute Gasteiger partial charge is 0.330 e. The Kier molecular flexibility index (Phi) is 6.19. The third-order valence-electron chi connectivity index (χ3n) is 2.95. The number of rotatable bonds is 6. The maximum absolute atomic E-state index is 12.0. The molecule has 0 bridgehead atoms. The molecule has 21 heavy (non-hydrogen) atoms. The molecule has 0 spiro atoms. The van der Waals surface area contributed by atoms with Crippen molar-refractivity contribution in [3.63, 3.8) is 0 Å². The van der Waals surface area contributed by atoms with Gasteiger partial charge in [-0.2, -0.15) is 0 Å². The van der Waals surface area contributed by atoms with Crippen LogP contribution in [0.4, 0.5) is 4.79 Å². The molecule has 3 N–H and O–H groups in total. The number of amides is 3. The van der Waals surface area contributed by atoms with Gasteiger partial charge in [0.1, 0.15) is 0 Å². The van der Waals surface area contributed by atoms with Crippen LogP contribution in [-0.4, -0.2) is 48.6 Å². The van der Waals surface area contributed by atoms with Crippen molar-refractivity contribution >= 4 is 17.9 Å². The van der Waals surface area contributed by atoms with E-state index in [9.17, 15) is 19.5 Å². The topological polar surface area (TPSA) is 98.7 Å². The molecule has 0 aliphatic rings. The average Bonchev–Trinajstić information content (AvgIpc) is 2.49. The van der Waals surface area contributed by atoms with Gasteiger partial charge in [-0.3, -0.25) is 4.79 Å². The lowest BCUT2D eigenvalue weighted by Gasteiger charge is -2.21. The predicted molar refractivity (Wildman–Crippen MR) is 76.7 cm³/mol. The van der Waals surface area contributed by atoms with Crippen LogP contribution < -0.4 is 10.6 Å². The zero-order chi connectivity index (χ0) is 15.8. The summed E-state index contributed by atoms with van der Waals surface area (Å²) >= 11 is 0. The number of hydrogen-bond acceptors (Lipinski definition) is 3. The van der Waals surface area contributed by atoms with Crippen molar-refractivity contribution in [2.45, 2.75) is 12.5 Å². The molecule has 7 heteroatoms. The second-order valence-electron chi connectivity index (χ2n) is 4.48. The standard InChI is InChI=1S/C14H19N3O4/c1-15-11(18)8-9-17(2)14(21)16-12(13(19)20)10-6-4-3-5-7-10/h3-7,12H,8-9H2,1-2H3,(H,15,18)(H,16,21)(H,19,20)/t12-/m1/s1. The molecule has 0 aromatic heterocycles. The van der Waals surface area contributed by atoms with Crippen molar-refractivity contribution in [2.75, 3.05) is 20.6 Å². The van der Waals surface area contributed by atoms with Crippen molar-refractivity contribution in [3.05, 3.63) is 35.9 Å². The Bertz CT molecular complexity index is 504. The summed E-state index contributed by atoms with van der Waals surface area (Å²) in [6.07, 6.45) is 0.156. The van der Waals surface area contributed by atoms with Gasteiger partial charge in [-0.1, -0.05) is 30.3 Å². The molecule has 0 radical (unpaired) electrons. The number of carboxylic acids is 1. The Labute approximate surface area is 122 Å². The highest BCUT2D eigenvalue weighted by atomic mass is 16.4. The molecule has 0 unspecified atom stereocenters. The highest BCUT2D eigenvalue weighted by Crippen LogP contribution is 2.13. The van der Waals surface area contributed by atoms with Crippen LogP contribution in [0, 0.1) is 0 Å². The van der Waals surface area contributed by atoms with E-state index in [2.05, 4.69) is 10.6 Å². The molecule has 0 heterocycles. The van der Waals surface area contributed by atoms with Gasteiger partial charge in [0.15, 0.2) is 6.04 Å². The third-order valence-corrected chi connectivity index (χ3v) is 2.95. The van der Waals surface area contributed by atoms with Crippen LogP contribution >= 0.6 is 0 Å². The molecular weight excluding hydrogens is 274 g/mol. The minimum absolute atomic E-state index is 0.156. The van der Waals surface area contributed by atoms with E-state index in [0.29, 0.717) is 5.56 Å². The third kappa shape index (κ3) is 5.13. The normalized spacial score (nSPS) is 11.3. The summed E-state index contributed by atoms with van der Waals surface area (Å²) in [5.74, 6) is -1.33. The number of carboxylic acid groups (broad SMARTS) is 1. The number of urea groups is 1. The summed E-state index contributed by atoms with van der Waals surface area (Å²) in [6.45, 7) is 0.201. The van der Waals surface area contributed by atoms with E-state index >= 15 is 0 Å². The van der Waals surface area contributed by atoms with Crippen molar-refractivity contribution in [2.24, 2.45) is 0 Å². The maximum Gasteiger partial charge on any atom is 0.330 e. The van der Waals surface area contributed by atoms with Gasteiger partial charge in [0.2, 0.25) is 5.91 Å². The number of carbonyl (C=O) groups is 3. The van der Waals surface area contributed by atoms with Crippen molar-refractivity contribution < 1.29 is 19.5 Å². The van der Waals surface area contributed by atoms with Crippen LogP contribution in [0.5, 0.6) is 0 Å². The van der Waals surface area contributed by atoms with E-state index < -0.39 is 18.0 Å². The molecule has 0 aliphatic heterocycles. The lowest BCUT2D eigenvalue weighted by atomic mass is 10.1. The Morgan fingerprint density at radius 2 is 1.86 bits per heavy atom. The molecule has 0 saturated carbocycles. The molecular formula is C14H19N3O4. The van der Waals surface area contributed by atoms with Crippen molar-refractivity contribution in [1.29, 1.82) is 0 Å². The molecule has 1 rings (SSSR count). The minimum Gasteiger partial charge on any atom is -0.479 e. The van der Waals surface area contributed by atoms with Gasteiger partial charge >= 0.3 is 12.0 Å². The van der Waals surface area contributed by atoms with Gasteiger partial charge in [0, 0.05) is 27.1 Å². The summed E-state index contributed by atoms with van der Waals surface area (Å²) in [6, 6.07) is 6.75. The van der Waals surface area contributed by atoms with Gasteiger partial charge in [-0.05, 0) is 5.56 Å². The van der Waals surface area contributed by atoms with Gasteiger partial charge in [0.05, 0.1) is 0 Å². The first-order valence-electron chi connectivity index (χ1n) is 6.45. The number of nitrogens with one attached hydrogen (secondary N) is 2. The summed E-state index contributed by atoms with van der Waals surface area (Å²) in [7, 11) is 3.01. The highest BCUT2D eigenvalue weighted by molar-refractivity contribution is 5.84. The molecule has 114 valence electrons. The summed E-state index contributed by atoms with van der Waals surface area (Å²) in [4.78, 5) is 35.6. The Morgan fingerprint density at radius 3 is 2.38 bits per heavy atom. The molecule has 0 saturated heterocycles. The zero-order valence-electron chi connectivity index (χ0n) is 12.0. The van der Waals surface area contributed by atoms with Crippen LogP contribution in [0.25, 0.3) is 0 Å². The second kappa shape index (κ2) is 7.88. The number of hydrogen-bond donors (Lipinski definition) is 3. The van der Waals surface area contributed by atoms with E-state index in [1.54, 1.807) is 30.3 Å². The van der Waals surface area contributed by atoms with Gasteiger partial charge < -0.3 is 20.6 Å². The monoisotopic (exact) mass is 293 g/mol. The minimum atomic E-state index is -1.14. The first-order chi connectivity index (χ1) is 9.95. The Morgan fingerprint density at radius 1 is 1.24 bits per heavy atom. The lowest BCUT2D eigenvalue weighted by molar-refractivity contribution is -0.139. The maximum atomic E-state index is 12.0. The summed E-state index contributed by atoms with van der Waals surface area (Å²) in [5, 5.41) is 14.1. The first-order valence-corrected chi connectivity index (χ1v) is 6.45. The van der Waals surface area contributed by atoms with Crippen molar-refractivity contribution in [1.82, 2.24) is 15.5 Å². The van der Waals surface area contributed by atoms with E-state index in [1.807, 2.05) is 0 Å². The average molecular weight is 293 g/mol. The van der Waals surface area contributed by atoms with E-state index in [-0.39, 0.29) is 18.9 Å². The molecule has 7 nitrogen and oxygen atoms in total. The van der Waals surface area contributed by atoms with Crippen LogP contribution in [0.1, 0.15) is 18.0 Å². The van der Waals surface area contributed by atoms with E-state index in [1.165, 1.54) is 19.0 Å². The SMILES string of the molecule is CNC(=O)CCN(C)C(=O)N[C@@H](C(=O)O)c1ccccc1. The summed E-state index contributed by atoms with van der Waals surface area (Å²) < 4.78 is 0. The fourth-order valence-electron chi connectivity index (χ4n) is 1.66. The highest BCUT2D eigenvalue weighted by Gasteiger charge is 2.23. The van der Waals surface area contributed by atoms with Gasteiger partial charge in [-0.25, -0.2) is 9.59 Å². The molecule has 1 atom stereocenters. The van der Waals surface area contributed by atoms with Gasteiger partial charge in [-0.15, -0.1) is 0 Å². The predicted octanol–water partition coefficient (Wildman–Crippen LogP) is 0.590. The fourth-order valence-corrected chi connectivity index (χ4v) is 1.66. The van der Waals surface area contributed by atoms with Crippen LogP contribution in [-0.2, 0) is 9.59 Å². The first kappa shape index (κ1) is 16.5. The number of aliphatic carboxylic acids is 1. The number of carbonyl (C=O) groups excluding carboxylic acids is 2. The molecule has 1 aromatic rings. The quantitative estimate of drug-likeness (QED) is 0.715. The van der Waals surface area contributed by atoms with Crippen LogP contribution in [0.3, 0.4) is 0 Å². The Hall–Kier alpha value is -2.57. The number of benzene rings is 1. The molecule has 0 fully saturated rings. The lowest BCUT2D eigenvalue weighted by Crippen LogP contribution is -2.43. The van der Waals surface area contributed by atoms with E-state index in [0.717, 1.165) is 0 Å². The summed E-state index contributed by atoms with van der Waals surface area (Å²) in [5.41, 5.74) is 0.484.